The van der Waals surface area contributed by atoms with E-state index in [0.717, 1.165) is 37.5 Å². The molecule has 2 aliphatic rings. The lowest BCUT2D eigenvalue weighted by molar-refractivity contribution is -0.141. The number of nitriles is 1. The number of ketones is 1. The van der Waals surface area contributed by atoms with E-state index in [0.29, 0.717) is 42.5 Å². The third-order valence-electron chi connectivity index (χ3n) is 8.88. The van der Waals surface area contributed by atoms with Gasteiger partial charge >= 0.3 is 0 Å². The summed E-state index contributed by atoms with van der Waals surface area (Å²) in [6.45, 7) is 0.571. The van der Waals surface area contributed by atoms with Gasteiger partial charge in [0.25, 0.3) is 11.8 Å². The van der Waals surface area contributed by atoms with Crippen LogP contribution in [0.15, 0.2) is 59.0 Å². The number of nitrogens with one attached hydrogen (secondary N) is 4. The molecule has 0 spiro atoms. The van der Waals surface area contributed by atoms with E-state index < -0.39 is 41.5 Å². The zero-order chi connectivity index (χ0) is 32.5. The summed E-state index contributed by atoms with van der Waals surface area (Å²) in [4.78, 5) is 66.4. The Bertz CT molecular complexity index is 1590. The molecule has 1 aliphatic carbocycles. The molecule has 3 aromatic rings. The molecular formula is C35H39N5O6. The number of nitrogens with zero attached hydrogens (tertiary/aromatic N) is 1. The first-order valence-electron chi connectivity index (χ1n) is 16.0. The normalized spacial score (nSPS) is 18.1. The summed E-state index contributed by atoms with van der Waals surface area (Å²) in [6.07, 6.45) is 6.60. The summed E-state index contributed by atoms with van der Waals surface area (Å²) in [7, 11) is 0. The van der Waals surface area contributed by atoms with Crippen LogP contribution in [0.3, 0.4) is 0 Å². The van der Waals surface area contributed by atoms with Crippen LogP contribution >= 0.6 is 0 Å². The highest BCUT2D eigenvalue weighted by Gasteiger charge is 2.36. The standard InChI is InChI=1S/C35H39N5O6/c36-20-23-12-14-24(15-13-23)21-38-35(45)31(41)27(18-26-10-6-16-37-32(26)42)39-33(43)28(17-22-7-2-1-3-8-22)40-34(44)30-19-25-9-4-5-11-29(25)46-30/h4-5,9,11-15,19,22,26-28H,1-3,6-8,10,16-18,21H2,(H,37,42)(H,38,45)(H,39,43)(H,40,44)/t26-,27-,28-/m0/s1. The molecule has 240 valence electrons. The van der Waals surface area contributed by atoms with Crippen LogP contribution in [0, 0.1) is 23.2 Å². The first kappa shape index (κ1) is 32.4. The number of hydrogen-bond donors (Lipinski definition) is 4. The van der Waals surface area contributed by atoms with Gasteiger partial charge in [-0.25, -0.2) is 0 Å². The van der Waals surface area contributed by atoms with Gasteiger partial charge in [0.15, 0.2) is 5.76 Å². The number of benzene rings is 2. The van der Waals surface area contributed by atoms with Crippen molar-refractivity contribution >= 4 is 40.4 Å². The highest BCUT2D eigenvalue weighted by atomic mass is 16.3. The zero-order valence-electron chi connectivity index (χ0n) is 25.7. The maximum Gasteiger partial charge on any atom is 0.289 e. The molecule has 46 heavy (non-hydrogen) atoms. The highest BCUT2D eigenvalue weighted by Crippen LogP contribution is 2.28. The molecule has 1 saturated heterocycles. The molecule has 0 unspecified atom stereocenters. The lowest BCUT2D eigenvalue weighted by Gasteiger charge is -2.29. The molecule has 1 aliphatic heterocycles. The summed E-state index contributed by atoms with van der Waals surface area (Å²) in [5.74, 6) is -3.44. The van der Waals surface area contributed by atoms with Crippen molar-refractivity contribution in [2.24, 2.45) is 11.8 Å². The predicted octanol–water partition coefficient (Wildman–Crippen LogP) is 3.66. The van der Waals surface area contributed by atoms with Crippen LogP contribution in [0.1, 0.15) is 79.5 Å². The second-order valence-corrected chi connectivity index (χ2v) is 12.2. The third-order valence-corrected chi connectivity index (χ3v) is 8.88. The maximum atomic E-state index is 13.9. The Balaban J connectivity index is 1.32. The van der Waals surface area contributed by atoms with Crippen molar-refractivity contribution in [1.29, 1.82) is 5.26 Å². The number of para-hydroxylation sites is 1. The second kappa shape index (κ2) is 15.3. The first-order chi connectivity index (χ1) is 22.3. The molecule has 2 heterocycles. The smallest absolute Gasteiger partial charge is 0.289 e. The number of fused-ring (bicyclic) bond motifs is 1. The predicted molar refractivity (Wildman–Crippen MR) is 169 cm³/mol. The van der Waals surface area contributed by atoms with E-state index in [2.05, 4.69) is 21.3 Å². The van der Waals surface area contributed by atoms with Crippen LogP contribution < -0.4 is 21.3 Å². The third kappa shape index (κ3) is 8.38. The molecule has 2 aromatic carbocycles. The molecule has 1 aromatic heterocycles. The minimum absolute atomic E-state index is 0.0404. The van der Waals surface area contributed by atoms with Crippen LogP contribution in [-0.2, 0) is 25.7 Å². The summed E-state index contributed by atoms with van der Waals surface area (Å²) in [5, 5.41) is 20.7. The van der Waals surface area contributed by atoms with Crippen LogP contribution in [-0.4, -0.2) is 48.0 Å². The summed E-state index contributed by atoms with van der Waals surface area (Å²) in [6, 6.07) is 15.2. The number of carbonyl (C=O) groups is 5. The average molecular weight is 626 g/mol. The molecule has 3 atom stereocenters. The molecule has 11 nitrogen and oxygen atoms in total. The number of Topliss-reactive ketones (excluding diaryl/α,β-unsaturated/α-hetero) is 1. The Morgan fingerprint density at radius 3 is 2.39 bits per heavy atom. The van der Waals surface area contributed by atoms with Crippen molar-refractivity contribution in [1.82, 2.24) is 21.3 Å². The molecule has 4 N–H and O–H groups in total. The largest absolute Gasteiger partial charge is 0.451 e. The number of amides is 4. The second-order valence-electron chi connectivity index (χ2n) is 12.2. The average Bonchev–Trinajstić information content (AvgIpc) is 3.52. The van der Waals surface area contributed by atoms with E-state index in [1.165, 1.54) is 0 Å². The zero-order valence-corrected chi connectivity index (χ0v) is 25.7. The van der Waals surface area contributed by atoms with Crippen molar-refractivity contribution in [3.8, 4) is 6.07 Å². The van der Waals surface area contributed by atoms with E-state index >= 15 is 0 Å². The Morgan fingerprint density at radius 1 is 0.913 bits per heavy atom. The SMILES string of the molecule is N#Cc1ccc(CNC(=O)C(=O)[C@H](C[C@@H]2CCCNC2=O)NC(=O)[C@H](CC2CCCCC2)NC(=O)c2cc3ccccc3o2)cc1. The van der Waals surface area contributed by atoms with Crippen molar-refractivity contribution in [3.63, 3.8) is 0 Å². The highest BCUT2D eigenvalue weighted by molar-refractivity contribution is 6.38. The fourth-order valence-electron chi connectivity index (χ4n) is 6.28. The van der Waals surface area contributed by atoms with E-state index in [1.807, 2.05) is 18.2 Å². The van der Waals surface area contributed by atoms with Crippen molar-refractivity contribution in [3.05, 3.63) is 71.5 Å². The van der Waals surface area contributed by atoms with Gasteiger partial charge in [-0.15, -0.1) is 0 Å². The molecule has 1 saturated carbocycles. The van der Waals surface area contributed by atoms with Crippen molar-refractivity contribution < 1.29 is 28.4 Å². The first-order valence-corrected chi connectivity index (χ1v) is 16.0. The van der Waals surface area contributed by atoms with Gasteiger partial charge < -0.3 is 25.7 Å². The molecule has 0 bridgehead atoms. The molecule has 5 rings (SSSR count). The van der Waals surface area contributed by atoms with Gasteiger partial charge in [0.05, 0.1) is 17.7 Å². The van der Waals surface area contributed by atoms with Crippen LogP contribution in [0.5, 0.6) is 0 Å². The van der Waals surface area contributed by atoms with Crippen molar-refractivity contribution in [2.45, 2.75) is 76.4 Å². The van der Waals surface area contributed by atoms with Crippen LogP contribution in [0.4, 0.5) is 0 Å². The Kier molecular flexibility index (Phi) is 10.8. The van der Waals surface area contributed by atoms with Gasteiger partial charge in [-0.2, -0.15) is 5.26 Å². The molecular weight excluding hydrogens is 586 g/mol. The Hall–Kier alpha value is -4.98. The molecule has 4 amide bonds. The quantitative estimate of drug-likeness (QED) is 0.223. The van der Waals surface area contributed by atoms with Gasteiger partial charge in [-0.1, -0.05) is 62.4 Å². The van der Waals surface area contributed by atoms with Crippen molar-refractivity contribution in [2.75, 3.05) is 6.54 Å². The number of rotatable bonds is 12. The van der Waals surface area contributed by atoms with Gasteiger partial charge in [0.1, 0.15) is 11.6 Å². The lowest BCUT2D eigenvalue weighted by atomic mass is 9.84. The number of piperidine rings is 1. The maximum absolute atomic E-state index is 13.9. The summed E-state index contributed by atoms with van der Waals surface area (Å²) in [5.41, 5.74) is 1.70. The van der Waals surface area contributed by atoms with E-state index in [-0.39, 0.29) is 30.6 Å². The monoisotopic (exact) mass is 625 g/mol. The Morgan fingerprint density at radius 2 is 1.67 bits per heavy atom. The topological polar surface area (TPSA) is 170 Å². The minimum atomic E-state index is -1.28. The van der Waals surface area contributed by atoms with Crippen LogP contribution in [0.25, 0.3) is 11.0 Å². The molecule has 0 radical (unpaired) electrons. The number of carbonyl (C=O) groups excluding carboxylic acids is 5. The molecule has 2 fully saturated rings. The van der Waals surface area contributed by atoms with Gasteiger partial charge in [-0.3, -0.25) is 24.0 Å². The fourth-order valence-corrected chi connectivity index (χ4v) is 6.28. The number of hydrogen-bond acceptors (Lipinski definition) is 7. The molecule has 11 heteroatoms. The Labute approximate surface area is 267 Å². The lowest BCUT2D eigenvalue weighted by Crippen LogP contribution is -2.55. The summed E-state index contributed by atoms with van der Waals surface area (Å²) < 4.78 is 5.73. The summed E-state index contributed by atoms with van der Waals surface area (Å²) >= 11 is 0. The van der Waals surface area contributed by atoms with E-state index in [9.17, 15) is 24.0 Å². The van der Waals surface area contributed by atoms with E-state index in [1.54, 1.807) is 42.5 Å². The number of furan rings is 1. The van der Waals surface area contributed by atoms with Gasteiger partial charge in [0.2, 0.25) is 17.6 Å². The van der Waals surface area contributed by atoms with Gasteiger partial charge in [-0.05, 0) is 61.4 Å². The fraction of sp³-hybridized carbons (Fsp3) is 0.429. The van der Waals surface area contributed by atoms with Gasteiger partial charge in [0, 0.05) is 24.4 Å². The van der Waals surface area contributed by atoms with Crippen LogP contribution in [0.2, 0.25) is 0 Å². The minimum Gasteiger partial charge on any atom is -0.451 e. The van der Waals surface area contributed by atoms with E-state index in [4.69, 9.17) is 9.68 Å².